The van der Waals surface area contributed by atoms with E-state index in [1.54, 1.807) is 26.2 Å². The van der Waals surface area contributed by atoms with Gasteiger partial charge in [0, 0.05) is 23.7 Å². The number of carbonyl (C=O) groups excluding carboxylic acids is 2. The molecule has 3 aromatic heterocycles. The number of aryl methyl sites for hydroxylation is 1. The third-order valence-corrected chi connectivity index (χ3v) is 6.72. The number of ketones is 1. The van der Waals surface area contributed by atoms with Crippen LogP contribution >= 0.6 is 11.8 Å². The van der Waals surface area contributed by atoms with Crippen LogP contribution in [-0.2, 0) is 4.74 Å². The van der Waals surface area contributed by atoms with Crippen LogP contribution in [0.5, 0.6) is 0 Å². The molecule has 0 fully saturated rings. The number of aromatic nitrogens is 5. The highest BCUT2D eigenvalue weighted by molar-refractivity contribution is 7.99. The zero-order valence-electron chi connectivity index (χ0n) is 20.3. The number of ether oxygens (including phenoxy) is 1. The molecule has 0 aliphatic heterocycles. The zero-order chi connectivity index (χ0) is 25.1. The largest absolute Gasteiger partial charge is 0.465 e. The summed E-state index contributed by atoms with van der Waals surface area (Å²) in [5.41, 5.74) is 4.92. The van der Waals surface area contributed by atoms with Crippen LogP contribution in [0.3, 0.4) is 0 Å². The molecule has 0 saturated heterocycles. The first-order valence-corrected chi connectivity index (χ1v) is 12.2. The van der Waals surface area contributed by atoms with E-state index in [1.165, 1.54) is 18.9 Å². The van der Waals surface area contributed by atoms with E-state index in [0.29, 0.717) is 33.5 Å². The second-order valence-electron chi connectivity index (χ2n) is 8.43. The Morgan fingerprint density at radius 3 is 2.57 bits per heavy atom. The van der Waals surface area contributed by atoms with Crippen LogP contribution < -0.4 is 0 Å². The molecule has 1 aromatic carbocycles. The first-order valence-electron chi connectivity index (χ1n) is 11.2. The van der Waals surface area contributed by atoms with Crippen LogP contribution in [0, 0.1) is 13.8 Å². The van der Waals surface area contributed by atoms with Gasteiger partial charge in [0.15, 0.2) is 16.8 Å². The maximum absolute atomic E-state index is 13.1. The summed E-state index contributed by atoms with van der Waals surface area (Å²) in [6.45, 7) is 7.77. The van der Waals surface area contributed by atoms with Crippen LogP contribution in [0.25, 0.3) is 17.1 Å². The van der Waals surface area contributed by atoms with Gasteiger partial charge in [0.1, 0.15) is 0 Å². The minimum atomic E-state index is -0.464. The third-order valence-electron chi connectivity index (χ3n) is 5.79. The molecule has 0 bridgehead atoms. The number of aromatic amines is 1. The lowest BCUT2D eigenvalue weighted by molar-refractivity contribution is 0.0599. The number of hydrogen-bond donors (Lipinski definition) is 1. The fraction of sp³-hybridized carbons (Fsp3) is 0.269. The van der Waals surface area contributed by atoms with Crippen LogP contribution in [-0.4, -0.2) is 49.3 Å². The van der Waals surface area contributed by atoms with Gasteiger partial charge in [-0.2, -0.15) is 0 Å². The molecule has 3 heterocycles. The topological polar surface area (TPSA) is 103 Å². The number of H-pyrrole nitrogens is 1. The normalized spacial score (nSPS) is 11.1. The molecule has 4 aromatic rings. The summed E-state index contributed by atoms with van der Waals surface area (Å²) in [4.78, 5) is 32.5. The number of nitrogens with zero attached hydrogens (tertiary/aromatic N) is 4. The van der Waals surface area contributed by atoms with Gasteiger partial charge < -0.3 is 9.72 Å². The van der Waals surface area contributed by atoms with Gasteiger partial charge in [0.25, 0.3) is 0 Å². The van der Waals surface area contributed by atoms with E-state index in [4.69, 9.17) is 4.74 Å². The number of esters is 1. The minimum absolute atomic E-state index is 0.121. The smallest absolute Gasteiger partial charge is 0.339 e. The van der Waals surface area contributed by atoms with Crippen molar-refractivity contribution in [1.82, 2.24) is 24.7 Å². The molecule has 180 valence electrons. The number of pyridine rings is 1. The molecule has 35 heavy (non-hydrogen) atoms. The Balaban J connectivity index is 1.71. The predicted octanol–water partition coefficient (Wildman–Crippen LogP) is 5.16. The average Bonchev–Trinajstić information content (AvgIpc) is 3.42. The summed E-state index contributed by atoms with van der Waals surface area (Å²) < 4.78 is 6.84. The van der Waals surface area contributed by atoms with Crippen molar-refractivity contribution < 1.29 is 14.3 Å². The Labute approximate surface area is 208 Å². The van der Waals surface area contributed by atoms with Crippen molar-refractivity contribution in [3.8, 4) is 17.1 Å². The fourth-order valence-electron chi connectivity index (χ4n) is 4.08. The number of hydrogen-bond acceptors (Lipinski definition) is 7. The highest BCUT2D eigenvalue weighted by atomic mass is 32.2. The molecule has 4 rings (SSSR count). The van der Waals surface area contributed by atoms with Crippen molar-refractivity contribution in [1.29, 1.82) is 0 Å². The summed E-state index contributed by atoms with van der Waals surface area (Å²) in [6.07, 6.45) is 3.46. The number of methoxy groups -OCH3 is 1. The molecule has 0 amide bonds. The molecule has 1 N–H and O–H groups in total. The number of nitrogens with one attached hydrogen (secondary N) is 1. The second-order valence-corrected chi connectivity index (χ2v) is 9.37. The van der Waals surface area contributed by atoms with Gasteiger partial charge in [-0.3, -0.25) is 14.3 Å². The molecule has 9 heteroatoms. The van der Waals surface area contributed by atoms with Crippen LogP contribution in [0.4, 0.5) is 0 Å². The average molecular weight is 490 g/mol. The Kier molecular flexibility index (Phi) is 7.16. The van der Waals surface area contributed by atoms with Crippen LogP contribution in [0.2, 0.25) is 0 Å². The first-order chi connectivity index (χ1) is 16.8. The Morgan fingerprint density at radius 2 is 1.89 bits per heavy atom. The number of benzene rings is 1. The van der Waals surface area contributed by atoms with Crippen molar-refractivity contribution in [3.63, 3.8) is 0 Å². The van der Waals surface area contributed by atoms with E-state index < -0.39 is 5.97 Å². The maximum atomic E-state index is 13.1. The van der Waals surface area contributed by atoms with E-state index >= 15 is 0 Å². The summed E-state index contributed by atoms with van der Waals surface area (Å²) in [5, 5.41) is 9.49. The highest BCUT2D eigenvalue weighted by Crippen LogP contribution is 2.32. The predicted molar refractivity (Wildman–Crippen MR) is 135 cm³/mol. The van der Waals surface area contributed by atoms with E-state index in [1.807, 2.05) is 34.9 Å². The summed E-state index contributed by atoms with van der Waals surface area (Å²) in [7, 11) is 1.33. The fourth-order valence-corrected chi connectivity index (χ4v) is 4.90. The minimum Gasteiger partial charge on any atom is -0.465 e. The van der Waals surface area contributed by atoms with Crippen molar-refractivity contribution in [2.75, 3.05) is 12.9 Å². The van der Waals surface area contributed by atoms with Crippen molar-refractivity contribution in [2.45, 2.75) is 38.8 Å². The van der Waals surface area contributed by atoms with Gasteiger partial charge in [0.2, 0.25) is 0 Å². The van der Waals surface area contributed by atoms with Gasteiger partial charge in [-0.1, -0.05) is 43.8 Å². The molecule has 8 nitrogen and oxygen atoms in total. The van der Waals surface area contributed by atoms with Gasteiger partial charge in [0.05, 0.1) is 29.8 Å². The van der Waals surface area contributed by atoms with Crippen molar-refractivity contribution in [3.05, 3.63) is 76.9 Å². The van der Waals surface area contributed by atoms with E-state index in [2.05, 4.69) is 40.1 Å². The maximum Gasteiger partial charge on any atom is 0.339 e. The highest BCUT2D eigenvalue weighted by Gasteiger charge is 2.24. The van der Waals surface area contributed by atoms with Gasteiger partial charge in [-0.25, -0.2) is 4.79 Å². The summed E-state index contributed by atoms with van der Waals surface area (Å²) in [6, 6.07) is 11.9. The molecule has 0 aliphatic carbocycles. The molecule has 0 radical (unpaired) electrons. The quantitative estimate of drug-likeness (QED) is 0.207. The number of carbonyl (C=O) groups is 2. The Bertz CT molecular complexity index is 1380. The summed E-state index contributed by atoms with van der Waals surface area (Å²) in [5.74, 6) is 0.447. The lowest BCUT2D eigenvalue weighted by Gasteiger charge is -2.16. The van der Waals surface area contributed by atoms with Crippen molar-refractivity contribution in [2.24, 2.45) is 0 Å². The molecular weight excluding hydrogens is 462 g/mol. The molecular formula is C26H27N5O3S. The Morgan fingerprint density at radius 1 is 1.11 bits per heavy atom. The first kappa shape index (κ1) is 24.4. The van der Waals surface area contributed by atoms with E-state index in [9.17, 15) is 9.59 Å². The zero-order valence-corrected chi connectivity index (χ0v) is 21.1. The summed E-state index contributed by atoms with van der Waals surface area (Å²) >= 11 is 1.30. The molecule has 0 saturated carbocycles. The lowest BCUT2D eigenvalue weighted by Crippen LogP contribution is -2.09. The molecule has 0 spiro atoms. The van der Waals surface area contributed by atoms with Crippen LogP contribution in [0.1, 0.15) is 57.4 Å². The number of Topliss-reactive ketones (excluding diaryl/α,β-unsaturated/α-hetero) is 1. The second kappa shape index (κ2) is 10.3. The van der Waals surface area contributed by atoms with Gasteiger partial charge in [-0.15, -0.1) is 10.2 Å². The number of thioether (sulfide) groups is 1. The molecule has 0 unspecified atom stereocenters. The van der Waals surface area contributed by atoms with E-state index in [0.717, 1.165) is 16.8 Å². The van der Waals surface area contributed by atoms with Gasteiger partial charge in [-0.05, 0) is 49.1 Å². The van der Waals surface area contributed by atoms with Gasteiger partial charge >= 0.3 is 5.97 Å². The van der Waals surface area contributed by atoms with E-state index in [-0.39, 0.29) is 17.5 Å². The lowest BCUT2D eigenvalue weighted by atomic mass is 10.0. The SMILES string of the molecule is COC(=O)c1c(C)[nH]c(C(=O)CSc2nnc(-c3cccnc3)n2-c2ccccc2C(C)C)c1C. The monoisotopic (exact) mass is 489 g/mol. The standard InChI is InChI=1S/C26H27N5O3S/c1-15(2)19-10-6-7-11-20(19)31-24(18-9-8-12-27-13-18)29-30-26(31)35-14-21(32)23-16(3)22(17(4)28-23)25(33)34-5/h6-13,15,28H,14H2,1-5H3. The third kappa shape index (κ3) is 4.77. The van der Waals surface area contributed by atoms with Crippen LogP contribution in [0.15, 0.2) is 53.9 Å². The number of rotatable bonds is 8. The Hall–Kier alpha value is -3.72. The number of para-hydroxylation sites is 1. The molecule has 0 aliphatic rings. The van der Waals surface area contributed by atoms with Crippen molar-refractivity contribution >= 4 is 23.5 Å². The molecule has 0 atom stereocenters.